The number of carbonyl (C=O) groups excluding carboxylic acids is 1. The molecule has 0 unspecified atom stereocenters. The number of hydrogen-bond acceptors (Lipinski definition) is 3. The smallest absolute Gasteiger partial charge is 0.264 e. The average Bonchev–Trinajstić information content (AvgIpc) is 2.72. The molecule has 0 N–H and O–H groups in total. The van der Waals surface area contributed by atoms with Crippen LogP contribution in [0, 0.1) is 0 Å². The van der Waals surface area contributed by atoms with Gasteiger partial charge in [0, 0.05) is 14.1 Å². The van der Waals surface area contributed by atoms with E-state index in [4.69, 9.17) is 0 Å². The molecule has 0 atom stereocenters. The lowest BCUT2D eigenvalue weighted by Gasteiger charge is -2.27. The molecule has 0 radical (unpaired) electrons. The Hall–Kier alpha value is -3.12. The van der Waals surface area contributed by atoms with Crippen molar-refractivity contribution in [2.75, 3.05) is 18.4 Å². The van der Waals surface area contributed by atoms with Gasteiger partial charge in [0.1, 0.15) is 0 Å². The van der Waals surface area contributed by atoms with E-state index in [9.17, 15) is 13.2 Å². The van der Waals surface area contributed by atoms with Crippen molar-refractivity contribution in [1.82, 2.24) is 4.90 Å². The first kappa shape index (κ1) is 19.6. The Kier molecular flexibility index (Phi) is 5.80. The molecule has 3 aromatic carbocycles. The number of sulfonamides is 1. The number of rotatable bonds is 6. The summed E-state index contributed by atoms with van der Waals surface area (Å²) in [5.74, 6) is -0.253. The normalized spacial score (nSPS) is 11.1. The number of hydrogen-bond donors (Lipinski definition) is 0. The maximum absolute atomic E-state index is 13.5. The van der Waals surface area contributed by atoms with E-state index in [2.05, 4.69) is 0 Å². The van der Waals surface area contributed by atoms with Crippen LogP contribution in [-0.2, 0) is 16.6 Å². The standard InChI is InChI=1S/C22H22N2O3S/c1-23(2)22(25)20-15-9-10-16-21(20)24(17-18-11-5-3-6-12-18)28(26,27)19-13-7-4-8-14-19/h3-16H,17H2,1-2H3. The first-order valence-corrected chi connectivity index (χ1v) is 10.3. The van der Waals surface area contributed by atoms with Crippen molar-refractivity contribution < 1.29 is 13.2 Å². The molecule has 144 valence electrons. The number of benzene rings is 3. The van der Waals surface area contributed by atoms with Gasteiger partial charge in [-0.15, -0.1) is 0 Å². The third kappa shape index (κ3) is 4.07. The number of amides is 1. The van der Waals surface area contributed by atoms with Crippen LogP contribution in [-0.4, -0.2) is 33.3 Å². The third-order valence-corrected chi connectivity index (χ3v) is 6.08. The van der Waals surface area contributed by atoms with Crippen LogP contribution in [0.15, 0.2) is 89.8 Å². The molecule has 0 saturated heterocycles. The zero-order valence-corrected chi connectivity index (χ0v) is 16.6. The van der Waals surface area contributed by atoms with E-state index in [1.54, 1.807) is 68.7 Å². The maximum atomic E-state index is 13.5. The minimum absolute atomic E-state index is 0.121. The van der Waals surface area contributed by atoms with Gasteiger partial charge in [-0.2, -0.15) is 0 Å². The lowest BCUT2D eigenvalue weighted by Crippen LogP contribution is -2.33. The van der Waals surface area contributed by atoms with Crippen molar-refractivity contribution in [3.8, 4) is 0 Å². The Balaban J connectivity index is 2.17. The molecule has 0 aliphatic carbocycles. The summed E-state index contributed by atoms with van der Waals surface area (Å²) in [5, 5.41) is 0. The van der Waals surface area contributed by atoms with Gasteiger partial charge in [0.05, 0.1) is 22.7 Å². The van der Waals surface area contributed by atoms with Gasteiger partial charge in [-0.25, -0.2) is 8.42 Å². The van der Waals surface area contributed by atoms with Crippen LogP contribution in [0.5, 0.6) is 0 Å². The quantitative estimate of drug-likeness (QED) is 0.639. The molecule has 0 aliphatic heterocycles. The largest absolute Gasteiger partial charge is 0.345 e. The number of para-hydroxylation sites is 1. The Bertz CT molecular complexity index is 1050. The molecule has 0 saturated carbocycles. The molecule has 5 nitrogen and oxygen atoms in total. The lowest BCUT2D eigenvalue weighted by molar-refractivity contribution is 0.0828. The summed E-state index contributed by atoms with van der Waals surface area (Å²) in [5.41, 5.74) is 1.52. The fourth-order valence-electron chi connectivity index (χ4n) is 2.88. The molecule has 28 heavy (non-hydrogen) atoms. The molecule has 0 spiro atoms. The van der Waals surface area contributed by atoms with Gasteiger partial charge in [-0.1, -0.05) is 60.7 Å². The van der Waals surface area contributed by atoms with E-state index in [0.717, 1.165) is 5.56 Å². The topological polar surface area (TPSA) is 57.7 Å². The summed E-state index contributed by atoms with van der Waals surface area (Å²) >= 11 is 0. The van der Waals surface area contributed by atoms with Crippen LogP contribution in [0.25, 0.3) is 0 Å². The lowest BCUT2D eigenvalue weighted by atomic mass is 10.1. The summed E-state index contributed by atoms with van der Waals surface area (Å²) in [6.07, 6.45) is 0. The van der Waals surface area contributed by atoms with Crippen molar-refractivity contribution in [2.45, 2.75) is 11.4 Å². The number of carbonyl (C=O) groups is 1. The summed E-state index contributed by atoms with van der Waals surface area (Å²) in [7, 11) is -0.581. The monoisotopic (exact) mass is 394 g/mol. The number of anilines is 1. The van der Waals surface area contributed by atoms with E-state index in [1.807, 2.05) is 30.3 Å². The molecule has 3 rings (SSSR count). The predicted molar refractivity (Wildman–Crippen MR) is 111 cm³/mol. The van der Waals surface area contributed by atoms with E-state index in [-0.39, 0.29) is 17.3 Å². The summed E-state index contributed by atoms with van der Waals surface area (Å²) < 4.78 is 28.3. The van der Waals surface area contributed by atoms with Crippen molar-refractivity contribution >= 4 is 21.6 Å². The summed E-state index contributed by atoms with van der Waals surface area (Å²) in [4.78, 5) is 14.3. The Morgan fingerprint density at radius 2 is 1.32 bits per heavy atom. The Labute approximate surface area is 165 Å². The summed E-state index contributed by atoms with van der Waals surface area (Å²) in [6, 6.07) is 24.4. The molecule has 3 aromatic rings. The molecule has 0 fully saturated rings. The Morgan fingerprint density at radius 3 is 1.93 bits per heavy atom. The second-order valence-electron chi connectivity index (χ2n) is 6.53. The Morgan fingerprint density at radius 1 is 0.786 bits per heavy atom. The highest BCUT2D eigenvalue weighted by Gasteiger charge is 2.28. The highest BCUT2D eigenvalue weighted by molar-refractivity contribution is 7.92. The molecule has 0 aromatic heterocycles. The maximum Gasteiger partial charge on any atom is 0.264 e. The van der Waals surface area contributed by atoms with Gasteiger partial charge in [-0.3, -0.25) is 9.10 Å². The van der Waals surface area contributed by atoms with Crippen LogP contribution in [0.3, 0.4) is 0 Å². The second kappa shape index (κ2) is 8.27. The van der Waals surface area contributed by atoms with Crippen LogP contribution >= 0.6 is 0 Å². The van der Waals surface area contributed by atoms with Crippen LogP contribution < -0.4 is 4.31 Å². The van der Waals surface area contributed by atoms with Crippen molar-refractivity contribution in [1.29, 1.82) is 0 Å². The van der Waals surface area contributed by atoms with Crippen molar-refractivity contribution in [3.05, 3.63) is 96.1 Å². The van der Waals surface area contributed by atoms with E-state index >= 15 is 0 Å². The van der Waals surface area contributed by atoms with Gasteiger partial charge in [0.15, 0.2) is 0 Å². The van der Waals surface area contributed by atoms with E-state index < -0.39 is 10.0 Å². The fourth-order valence-corrected chi connectivity index (χ4v) is 4.37. The molecule has 0 heterocycles. The molecule has 0 aliphatic rings. The SMILES string of the molecule is CN(C)C(=O)c1ccccc1N(Cc1ccccc1)S(=O)(=O)c1ccccc1. The van der Waals surface area contributed by atoms with Crippen LogP contribution in [0.4, 0.5) is 5.69 Å². The van der Waals surface area contributed by atoms with Gasteiger partial charge in [-0.05, 0) is 29.8 Å². The average molecular weight is 394 g/mol. The van der Waals surface area contributed by atoms with Gasteiger partial charge in [0.2, 0.25) is 0 Å². The van der Waals surface area contributed by atoms with Crippen molar-refractivity contribution in [3.63, 3.8) is 0 Å². The highest BCUT2D eigenvalue weighted by Crippen LogP contribution is 2.29. The van der Waals surface area contributed by atoms with Gasteiger partial charge >= 0.3 is 0 Å². The van der Waals surface area contributed by atoms with Gasteiger partial charge in [0.25, 0.3) is 15.9 Å². The first-order valence-electron chi connectivity index (χ1n) is 8.83. The second-order valence-corrected chi connectivity index (χ2v) is 8.39. The van der Waals surface area contributed by atoms with Crippen LogP contribution in [0.2, 0.25) is 0 Å². The first-order chi connectivity index (χ1) is 13.4. The predicted octanol–water partition coefficient (Wildman–Crippen LogP) is 3.78. The molecule has 6 heteroatoms. The minimum atomic E-state index is -3.87. The number of nitrogens with zero attached hydrogens (tertiary/aromatic N) is 2. The van der Waals surface area contributed by atoms with E-state index in [0.29, 0.717) is 11.3 Å². The zero-order valence-electron chi connectivity index (χ0n) is 15.8. The summed E-state index contributed by atoms with van der Waals surface area (Å²) in [6.45, 7) is 0.121. The van der Waals surface area contributed by atoms with Crippen molar-refractivity contribution in [2.24, 2.45) is 0 Å². The third-order valence-electron chi connectivity index (χ3n) is 4.31. The molecular formula is C22H22N2O3S. The fraction of sp³-hybridized carbons (Fsp3) is 0.136. The minimum Gasteiger partial charge on any atom is -0.345 e. The van der Waals surface area contributed by atoms with E-state index in [1.165, 1.54) is 9.21 Å². The molecule has 1 amide bonds. The zero-order chi connectivity index (χ0) is 20.1. The van der Waals surface area contributed by atoms with Crippen LogP contribution in [0.1, 0.15) is 15.9 Å². The van der Waals surface area contributed by atoms with Gasteiger partial charge < -0.3 is 4.90 Å². The molecular weight excluding hydrogens is 372 g/mol. The highest BCUT2D eigenvalue weighted by atomic mass is 32.2. The molecule has 0 bridgehead atoms.